The maximum atomic E-state index is 14.1. The highest BCUT2D eigenvalue weighted by Crippen LogP contribution is 2.44. The number of benzene rings is 2. The molecule has 0 radical (unpaired) electrons. The molecule has 0 spiro atoms. The highest BCUT2D eigenvalue weighted by Gasteiger charge is 2.28. The van der Waals surface area contributed by atoms with Crippen molar-refractivity contribution in [2.75, 3.05) is 13.2 Å². The molecule has 0 saturated heterocycles. The third-order valence-corrected chi connectivity index (χ3v) is 6.49. The van der Waals surface area contributed by atoms with Gasteiger partial charge in [0.25, 0.3) is 0 Å². The molecule has 5 nitrogen and oxygen atoms in total. The largest absolute Gasteiger partial charge is 0.493 e. The molecule has 182 valence electrons. The normalized spacial score (nSPS) is 15.3. The Bertz CT molecular complexity index is 1420. The Labute approximate surface area is 204 Å². The van der Waals surface area contributed by atoms with Gasteiger partial charge in [0.2, 0.25) is 0 Å². The fourth-order valence-corrected chi connectivity index (χ4v) is 5.08. The van der Waals surface area contributed by atoms with Gasteiger partial charge in [-0.1, -0.05) is 6.07 Å². The first-order valence-corrected chi connectivity index (χ1v) is 12.1. The second-order valence-corrected chi connectivity index (χ2v) is 10.2. The molecule has 0 aliphatic carbocycles. The molecule has 1 unspecified atom stereocenters. The number of hydrogen-bond acceptors (Lipinski definition) is 5. The van der Waals surface area contributed by atoms with Crippen molar-refractivity contribution in [1.29, 1.82) is 0 Å². The van der Waals surface area contributed by atoms with Crippen molar-refractivity contribution in [3.8, 4) is 16.9 Å². The van der Waals surface area contributed by atoms with E-state index in [1.54, 1.807) is 6.07 Å². The molecule has 35 heavy (non-hydrogen) atoms. The van der Waals surface area contributed by atoms with Crippen LogP contribution in [0.15, 0.2) is 42.6 Å². The Kier molecular flexibility index (Phi) is 5.98. The number of pyridine rings is 2. The Balaban J connectivity index is 1.88. The summed E-state index contributed by atoms with van der Waals surface area (Å²) < 4.78 is 26.4. The predicted molar refractivity (Wildman–Crippen MR) is 137 cm³/mol. The van der Waals surface area contributed by atoms with Gasteiger partial charge in [0, 0.05) is 29.0 Å². The fraction of sp³-hybridized carbons (Fsp3) is 0.379. The Morgan fingerprint density at radius 3 is 2.69 bits per heavy atom. The molecule has 0 fully saturated rings. The minimum atomic E-state index is -1.17. The van der Waals surface area contributed by atoms with Crippen LogP contribution in [0, 0.1) is 6.92 Å². The molecule has 1 aliphatic rings. The van der Waals surface area contributed by atoms with E-state index < -0.39 is 17.9 Å². The molecule has 2 aromatic carbocycles. The van der Waals surface area contributed by atoms with Gasteiger partial charge in [-0.3, -0.25) is 4.98 Å². The van der Waals surface area contributed by atoms with Crippen LogP contribution in [0.2, 0.25) is 0 Å². The van der Waals surface area contributed by atoms with Gasteiger partial charge in [0.05, 0.1) is 35.5 Å². The van der Waals surface area contributed by atoms with Crippen molar-refractivity contribution in [2.24, 2.45) is 0 Å². The lowest BCUT2D eigenvalue weighted by Gasteiger charge is -2.30. The first-order chi connectivity index (χ1) is 16.7. The van der Waals surface area contributed by atoms with E-state index in [1.807, 2.05) is 64.2 Å². The van der Waals surface area contributed by atoms with Crippen molar-refractivity contribution < 1.29 is 19.0 Å². The summed E-state index contributed by atoms with van der Waals surface area (Å²) in [5.74, 6) is 0.827. The van der Waals surface area contributed by atoms with E-state index >= 15 is 0 Å². The van der Waals surface area contributed by atoms with Gasteiger partial charge >= 0.3 is 0 Å². The maximum Gasteiger partial charge on any atom is 0.139 e. The number of aromatic nitrogens is 2. The van der Waals surface area contributed by atoms with Crippen molar-refractivity contribution >= 4 is 21.8 Å². The van der Waals surface area contributed by atoms with E-state index in [0.29, 0.717) is 17.8 Å². The number of rotatable bonds is 5. The molecular formula is C29H31FN2O3. The number of halogens is 1. The lowest BCUT2D eigenvalue weighted by molar-refractivity contribution is -0.0821. The number of nitrogens with zero attached hydrogens (tertiary/aromatic N) is 2. The summed E-state index contributed by atoms with van der Waals surface area (Å²) in [6.07, 6.45) is 0.931. The minimum absolute atomic E-state index is 0.179. The summed E-state index contributed by atoms with van der Waals surface area (Å²) in [4.78, 5) is 9.42. The molecule has 3 heterocycles. The SMILES string of the molecule is Cc1cc2nc(C(C)F)ccc2c(-c2ccc3c4c(ccnc24)CCO3)c1[C@@H](CO)OC(C)(C)C. The van der Waals surface area contributed by atoms with Gasteiger partial charge in [-0.05, 0) is 87.2 Å². The van der Waals surface area contributed by atoms with Crippen molar-refractivity contribution in [2.45, 2.75) is 58.9 Å². The zero-order valence-electron chi connectivity index (χ0n) is 20.9. The van der Waals surface area contributed by atoms with Crippen LogP contribution in [0.5, 0.6) is 5.75 Å². The molecule has 4 aromatic rings. The summed E-state index contributed by atoms with van der Waals surface area (Å²) >= 11 is 0. The Morgan fingerprint density at radius 1 is 1.17 bits per heavy atom. The van der Waals surface area contributed by atoms with E-state index in [1.165, 1.54) is 12.5 Å². The molecule has 0 amide bonds. The minimum Gasteiger partial charge on any atom is -0.493 e. The number of aliphatic hydroxyl groups excluding tert-OH is 1. The number of aliphatic hydroxyl groups is 1. The van der Waals surface area contributed by atoms with Gasteiger partial charge in [0.15, 0.2) is 0 Å². The van der Waals surface area contributed by atoms with Crippen LogP contribution in [0.3, 0.4) is 0 Å². The molecule has 5 rings (SSSR count). The van der Waals surface area contributed by atoms with Gasteiger partial charge in [0.1, 0.15) is 18.0 Å². The monoisotopic (exact) mass is 474 g/mol. The van der Waals surface area contributed by atoms with Crippen molar-refractivity contribution in [3.63, 3.8) is 0 Å². The van der Waals surface area contributed by atoms with Gasteiger partial charge in [-0.25, -0.2) is 9.37 Å². The average molecular weight is 475 g/mol. The number of ether oxygens (including phenoxy) is 2. The van der Waals surface area contributed by atoms with Crippen LogP contribution in [0.4, 0.5) is 4.39 Å². The standard InChI is InChI=1S/C29H31FN2O3/c1-16-14-22-19(6-8-21(32-22)17(2)30)27(25(16)24(15-33)35-29(3,4)5)20-7-9-23-26-18(11-13-34-23)10-12-31-28(20)26/h6-10,12,14,17,24,33H,11,13,15H2,1-5H3/t17?,24-/m1/s1. The summed E-state index contributed by atoms with van der Waals surface area (Å²) in [6.45, 7) is 9.87. The molecular weight excluding hydrogens is 443 g/mol. The van der Waals surface area contributed by atoms with Crippen LogP contribution in [0.25, 0.3) is 32.9 Å². The summed E-state index contributed by atoms with van der Waals surface area (Å²) in [5, 5.41) is 12.3. The lowest BCUT2D eigenvalue weighted by atomic mass is 9.86. The van der Waals surface area contributed by atoms with E-state index in [0.717, 1.165) is 50.7 Å². The first kappa shape index (κ1) is 23.6. The molecule has 0 saturated carbocycles. The van der Waals surface area contributed by atoms with Crippen molar-refractivity contribution in [3.05, 3.63) is 65.0 Å². The molecule has 6 heteroatoms. The van der Waals surface area contributed by atoms with Gasteiger partial charge in [-0.2, -0.15) is 0 Å². The molecule has 2 aromatic heterocycles. The zero-order valence-corrected chi connectivity index (χ0v) is 20.9. The van der Waals surface area contributed by atoms with E-state index in [9.17, 15) is 9.50 Å². The predicted octanol–water partition coefficient (Wildman–Crippen LogP) is 6.57. The lowest BCUT2D eigenvalue weighted by Crippen LogP contribution is -2.25. The summed E-state index contributed by atoms with van der Waals surface area (Å²) in [5.41, 5.74) is 6.28. The van der Waals surface area contributed by atoms with Crippen LogP contribution in [-0.2, 0) is 11.2 Å². The summed E-state index contributed by atoms with van der Waals surface area (Å²) in [6, 6.07) is 11.7. The number of aryl methyl sites for hydroxylation is 1. The molecule has 0 bridgehead atoms. The van der Waals surface area contributed by atoms with Crippen LogP contribution < -0.4 is 4.74 Å². The maximum absolute atomic E-state index is 14.1. The molecule has 1 N–H and O–H groups in total. The quantitative estimate of drug-likeness (QED) is 0.354. The third-order valence-electron chi connectivity index (χ3n) is 6.49. The van der Waals surface area contributed by atoms with Gasteiger partial charge < -0.3 is 14.6 Å². The van der Waals surface area contributed by atoms with E-state index in [4.69, 9.17) is 14.5 Å². The fourth-order valence-electron chi connectivity index (χ4n) is 5.08. The number of fused-ring (bicyclic) bond motifs is 1. The van der Waals surface area contributed by atoms with E-state index in [-0.39, 0.29) is 6.61 Å². The zero-order chi connectivity index (χ0) is 24.9. The van der Waals surface area contributed by atoms with Gasteiger partial charge in [-0.15, -0.1) is 0 Å². The smallest absolute Gasteiger partial charge is 0.139 e. The van der Waals surface area contributed by atoms with Crippen LogP contribution in [0.1, 0.15) is 62.4 Å². The second-order valence-electron chi connectivity index (χ2n) is 10.2. The van der Waals surface area contributed by atoms with E-state index in [2.05, 4.69) is 4.98 Å². The number of alkyl halides is 1. The average Bonchev–Trinajstić information content (AvgIpc) is 2.82. The highest BCUT2D eigenvalue weighted by atomic mass is 19.1. The topological polar surface area (TPSA) is 64.5 Å². The highest BCUT2D eigenvalue weighted by molar-refractivity contribution is 6.07. The van der Waals surface area contributed by atoms with Crippen molar-refractivity contribution in [1.82, 2.24) is 9.97 Å². The second kappa shape index (κ2) is 8.85. The Morgan fingerprint density at radius 2 is 1.97 bits per heavy atom. The molecule has 2 atom stereocenters. The third kappa shape index (κ3) is 4.26. The number of hydrogen-bond donors (Lipinski definition) is 1. The Hall–Kier alpha value is -3.09. The summed E-state index contributed by atoms with van der Waals surface area (Å²) in [7, 11) is 0. The first-order valence-electron chi connectivity index (χ1n) is 12.1. The van der Waals surface area contributed by atoms with Crippen LogP contribution >= 0.6 is 0 Å². The molecule has 1 aliphatic heterocycles. The van der Waals surface area contributed by atoms with Crippen LogP contribution in [-0.4, -0.2) is 33.9 Å².